The first-order chi connectivity index (χ1) is 14.9. The van der Waals surface area contributed by atoms with Gasteiger partial charge in [-0.25, -0.2) is 14.4 Å². The molecule has 0 spiro atoms. The average Bonchev–Trinajstić information content (AvgIpc) is 2.76. The maximum atomic E-state index is 15.1. The fourth-order valence-electron chi connectivity index (χ4n) is 3.99. The van der Waals surface area contributed by atoms with Gasteiger partial charge in [0.15, 0.2) is 5.17 Å². The molecule has 1 aromatic carbocycles. The molecule has 1 amide bonds. The Morgan fingerprint density at radius 2 is 2.29 bits per heavy atom. The van der Waals surface area contributed by atoms with E-state index < -0.39 is 17.3 Å². The van der Waals surface area contributed by atoms with Crippen molar-refractivity contribution in [3.8, 4) is 0 Å². The van der Waals surface area contributed by atoms with Crippen LogP contribution in [-0.4, -0.2) is 48.2 Å². The van der Waals surface area contributed by atoms with E-state index in [0.717, 1.165) is 0 Å². The van der Waals surface area contributed by atoms with Crippen LogP contribution in [0.4, 0.5) is 10.1 Å². The zero-order valence-corrected chi connectivity index (χ0v) is 18.4. The van der Waals surface area contributed by atoms with Crippen LogP contribution >= 0.6 is 23.4 Å². The number of hydrogen-bond acceptors (Lipinski definition) is 7. The van der Waals surface area contributed by atoms with E-state index in [1.165, 1.54) is 36.2 Å². The number of nitrogens with one attached hydrogen (secondary N) is 1. The normalized spacial score (nSPS) is 25.5. The van der Waals surface area contributed by atoms with E-state index in [4.69, 9.17) is 26.8 Å². The molecule has 4 rings (SSSR count). The number of aromatic nitrogens is 1. The molecule has 0 saturated carbocycles. The summed E-state index contributed by atoms with van der Waals surface area (Å²) in [5.41, 5.74) is 6.05. The number of pyridine rings is 1. The van der Waals surface area contributed by atoms with Crippen molar-refractivity contribution >= 4 is 40.1 Å². The highest BCUT2D eigenvalue weighted by molar-refractivity contribution is 8.13. The number of aliphatic imine (C=N–C) groups is 1. The molecule has 1 saturated heterocycles. The van der Waals surface area contributed by atoms with Crippen LogP contribution in [0.1, 0.15) is 22.5 Å². The monoisotopic (exact) mass is 464 g/mol. The molecule has 3 atom stereocenters. The molecule has 2 aromatic rings. The molecule has 0 bridgehead atoms. The average molecular weight is 465 g/mol. The van der Waals surface area contributed by atoms with Gasteiger partial charge in [0.2, 0.25) is 0 Å². The number of methoxy groups -OCH3 is 1. The fraction of sp³-hybridized carbons (Fsp3) is 0.381. The summed E-state index contributed by atoms with van der Waals surface area (Å²) >= 11 is 7.28. The Kier molecular flexibility index (Phi) is 6.47. The first-order valence-corrected chi connectivity index (χ1v) is 11.1. The maximum Gasteiger partial charge on any atom is 0.274 e. The summed E-state index contributed by atoms with van der Waals surface area (Å²) in [4.78, 5) is 21.2. The lowest BCUT2D eigenvalue weighted by molar-refractivity contribution is -0.0836. The minimum atomic E-state index is -0.955. The number of nitrogens with two attached hydrogens (primary N) is 1. The Labute approximate surface area is 188 Å². The van der Waals surface area contributed by atoms with Crippen molar-refractivity contribution in [3.63, 3.8) is 0 Å². The number of amides is 1. The van der Waals surface area contributed by atoms with E-state index in [0.29, 0.717) is 40.2 Å². The molecular formula is C21H22ClFN4O3S. The van der Waals surface area contributed by atoms with Crippen molar-refractivity contribution in [2.75, 3.05) is 31.4 Å². The molecule has 0 radical (unpaired) electrons. The predicted molar refractivity (Wildman–Crippen MR) is 119 cm³/mol. The third kappa shape index (κ3) is 4.55. The molecule has 3 heterocycles. The topological polar surface area (TPSA) is 98.8 Å². The van der Waals surface area contributed by atoms with E-state index in [1.807, 2.05) is 0 Å². The molecule has 0 aliphatic carbocycles. The summed E-state index contributed by atoms with van der Waals surface area (Å²) in [5.74, 6) is -0.142. The molecule has 10 heteroatoms. The summed E-state index contributed by atoms with van der Waals surface area (Å²) in [5, 5.41) is 3.58. The minimum Gasteiger partial charge on any atom is -0.382 e. The molecule has 3 unspecified atom stereocenters. The Bertz CT molecular complexity index is 1010. The second-order valence-electron chi connectivity index (χ2n) is 7.52. The number of thioether (sulfide) groups is 1. The van der Waals surface area contributed by atoms with Gasteiger partial charge in [0.05, 0.1) is 24.3 Å². The van der Waals surface area contributed by atoms with Gasteiger partial charge in [0, 0.05) is 36.2 Å². The summed E-state index contributed by atoms with van der Waals surface area (Å²) in [6.45, 7) is 0.642. The number of halogens is 2. The lowest BCUT2D eigenvalue weighted by atomic mass is 9.75. The summed E-state index contributed by atoms with van der Waals surface area (Å²) in [6, 6.07) is 7.52. The molecular weight excluding hydrogens is 443 g/mol. The fourth-order valence-corrected chi connectivity index (χ4v) is 5.11. The number of carbonyl (C=O) groups is 1. The largest absolute Gasteiger partial charge is 0.382 e. The van der Waals surface area contributed by atoms with Gasteiger partial charge >= 0.3 is 0 Å². The highest BCUT2D eigenvalue weighted by atomic mass is 35.5. The van der Waals surface area contributed by atoms with Crippen LogP contribution in [0.25, 0.3) is 0 Å². The summed E-state index contributed by atoms with van der Waals surface area (Å²) in [7, 11) is 1.62. The van der Waals surface area contributed by atoms with Crippen molar-refractivity contribution in [1.29, 1.82) is 0 Å². The maximum absolute atomic E-state index is 15.1. The van der Waals surface area contributed by atoms with Crippen LogP contribution in [0.5, 0.6) is 0 Å². The van der Waals surface area contributed by atoms with E-state index in [2.05, 4.69) is 15.3 Å². The molecule has 7 nitrogen and oxygen atoms in total. The van der Waals surface area contributed by atoms with Gasteiger partial charge in [-0.1, -0.05) is 23.4 Å². The number of nitrogens with zero attached hydrogens (tertiary/aromatic N) is 2. The number of fused-ring (bicyclic) bond motifs is 1. The molecule has 2 aliphatic heterocycles. The van der Waals surface area contributed by atoms with Crippen molar-refractivity contribution in [2.45, 2.75) is 18.1 Å². The minimum absolute atomic E-state index is 0.0112. The quantitative estimate of drug-likeness (QED) is 0.703. The van der Waals surface area contributed by atoms with E-state index in [-0.39, 0.29) is 24.3 Å². The highest BCUT2D eigenvalue weighted by Crippen LogP contribution is 2.47. The van der Waals surface area contributed by atoms with Crippen molar-refractivity contribution in [1.82, 2.24) is 4.98 Å². The van der Waals surface area contributed by atoms with Crippen LogP contribution in [0.2, 0.25) is 5.02 Å². The lowest BCUT2D eigenvalue weighted by Crippen LogP contribution is -2.51. The zero-order chi connectivity index (χ0) is 22.0. The number of benzene rings is 1. The third-order valence-electron chi connectivity index (χ3n) is 5.51. The first kappa shape index (κ1) is 22.0. The Morgan fingerprint density at radius 1 is 1.45 bits per heavy atom. The lowest BCUT2D eigenvalue weighted by Gasteiger charge is -2.46. The number of hydrogen-bond donors (Lipinski definition) is 2. The van der Waals surface area contributed by atoms with Crippen molar-refractivity contribution < 1.29 is 18.7 Å². The second-order valence-corrected chi connectivity index (χ2v) is 8.99. The zero-order valence-electron chi connectivity index (χ0n) is 16.8. The first-order valence-electron chi connectivity index (χ1n) is 9.73. The van der Waals surface area contributed by atoms with Gasteiger partial charge < -0.3 is 20.5 Å². The standard InChI is InChI=1S/C21H22ClFN4O3S/c1-29-9-15-6-12-10-31-20(24)27-21(12,11-30-15)16-7-14(3-4-17(16)23)26-19(28)18-5-2-13(22)8-25-18/h2-5,7-8,12,15H,6,9-11H2,1H3,(H2,24,27)(H,26,28). The predicted octanol–water partition coefficient (Wildman–Crippen LogP) is 3.43. The SMILES string of the molecule is COCC1CC2CSC(N)=NC2(c2cc(NC(=O)c3ccc(Cl)cn3)ccc2F)CO1. The van der Waals surface area contributed by atoms with Crippen LogP contribution in [0.15, 0.2) is 41.5 Å². The summed E-state index contributed by atoms with van der Waals surface area (Å²) in [6.07, 6.45) is 1.98. The van der Waals surface area contributed by atoms with Gasteiger partial charge in [0.25, 0.3) is 5.91 Å². The number of ether oxygens (including phenoxy) is 2. The van der Waals surface area contributed by atoms with Gasteiger partial charge in [0.1, 0.15) is 17.1 Å². The van der Waals surface area contributed by atoms with Gasteiger partial charge in [-0.2, -0.15) is 0 Å². The van der Waals surface area contributed by atoms with E-state index in [1.54, 1.807) is 19.2 Å². The van der Waals surface area contributed by atoms with Gasteiger partial charge in [-0.15, -0.1) is 0 Å². The van der Waals surface area contributed by atoms with Crippen molar-refractivity contribution in [3.05, 3.63) is 58.6 Å². The number of amidine groups is 1. The molecule has 2 aliphatic rings. The molecule has 164 valence electrons. The van der Waals surface area contributed by atoms with Gasteiger partial charge in [-0.3, -0.25) is 4.79 Å². The molecule has 31 heavy (non-hydrogen) atoms. The Morgan fingerprint density at radius 3 is 3.03 bits per heavy atom. The van der Waals surface area contributed by atoms with Crippen LogP contribution in [0, 0.1) is 11.7 Å². The molecule has 3 N–H and O–H groups in total. The number of rotatable bonds is 5. The van der Waals surface area contributed by atoms with Crippen molar-refractivity contribution in [2.24, 2.45) is 16.6 Å². The van der Waals surface area contributed by atoms with Crippen LogP contribution in [-0.2, 0) is 15.0 Å². The number of carbonyl (C=O) groups excluding carboxylic acids is 1. The van der Waals surface area contributed by atoms with Gasteiger partial charge in [-0.05, 0) is 36.8 Å². The highest BCUT2D eigenvalue weighted by Gasteiger charge is 2.49. The molecule has 1 fully saturated rings. The van der Waals surface area contributed by atoms with E-state index in [9.17, 15) is 4.79 Å². The summed E-state index contributed by atoms with van der Waals surface area (Å²) < 4.78 is 26.3. The Hall–Kier alpha value is -2.20. The number of anilines is 1. The molecule has 1 aromatic heterocycles. The van der Waals surface area contributed by atoms with Crippen LogP contribution < -0.4 is 11.1 Å². The second kappa shape index (κ2) is 9.12. The van der Waals surface area contributed by atoms with E-state index >= 15 is 4.39 Å². The smallest absolute Gasteiger partial charge is 0.274 e. The third-order valence-corrected chi connectivity index (χ3v) is 6.69. The van der Waals surface area contributed by atoms with Crippen LogP contribution in [0.3, 0.4) is 0 Å². The Balaban J connectivity index is 1.65.